The van der Waals surface area contributed by atoms with Gasteiger partial charge >= 0.3 is 0 Å². The topological polar surface area (TPSA) is 106 Å². The molecule has 0 bridgehead atoms. The van der Waals surface area contributed by atoms with E-state index in [9.17, 15) is 4.79 Å². The molecule has 0 atom stereocenters. The Morgan fingerprint density at radius 3 is 2.78 bits per heavy atom. The fourth-order valence-electron chi connectivity index (χ4n) is 4.91. The van der Waals surface area contributed by atoms with Crippen molar-refractivity contribution in [3.8, 4) is 11.1 Å². The molecule has 5 aromatic rings. The van der Waals surface area contributed by atoms with Gasteiger partial charge in [0.2, 0.25) is 0 Å². The number of carbonyl (C=O) groups is 1. The number of hydrogen-bond acceptors (Lipinski definition) is 7. The largest absolute Gasteiger partial charge is 0.352 e. The van der Waals surface area contributed by atoms with Crippen molar-refractivity contribution in [1.82, 2.24) is 39.7 Å². The Kier molecular flexibility index (Phi) is 5.63. The third-order valence-electron chi connectivity index (χ3n) is 6.76. The lowest BCUT2D eigenvalue weighted by Crippen LogP contribution is -2.32. The Balaban J connectivity index is 1.16. The second-order valence-corrected chi connectivity index (χ2v) is 9.45. The first-order valence-corrected chi connectivity index (χ1v) is 12.2. The van der Waals surface area contributed by atoms with E-state index in [1.165, 1.54) is 11.9 Å². The van der Waals surface area contributed by atoms with Crippen molar-refractivity contribution in [1.29, 1.82) is 0 Å². The van der Waals surface area contributed by atoms with E-state index in [1.54, 1.807) is 10.7 Å². The molecule has 0 fully saturated rings. The van der Waals surface area contributed by atoms with Gasteiger partial charge < -0.3 is 10.2 Å². The summed E-state index contributed by atoms with van der Waals surface area (Å²) < 4.78 is 3.52. The number of hydrogen-bond donors (Lipinski definition) is 1. The van der Waals surface area contributed by atoms with Crippen LogP contribution in [0.2, 0.25) is 0 Å². The number of carbonyl (C=O) groups excluding carboxylic acids is 1. The Bertz CT molecular complexity index is 1630. The zero-order valence-electron chi connectivity index (χ0n) is 21.0. The van der Waals surface area contributed by atoms with Crippen LogP contribution in [-0.4, -0.2) is 46.8 Å². The quantitative estimate of drug-likeness (QED) is 0.401. The molecule has 6 rings (SSSR count). The maximum atomic E-state index is 12.8. The molecule has 10 nitrogen and oxygen atoms in total. The summed E-state index contributed by atoms with van der Waals surface area (Å²) in [6.45, 7) is 5.96. The van der Waals surface area contributed by atoms with Crippen molar-refractivity contribution in [2.24, 2.45) is 7.05 Å². The van der Waals surface area contributed by atoms with Crippen LogP contribution in [0.3, 0.4) is 0 Å². The summed E-state index contributed by atoms with van der Waals surface area (Å²) in [7, 11) is 1.93. The third-order valence-corrected chi connectivity index (χ3v) is 6.76. The van der Waals surface area contributed by atoms with Crippen LogP contribution in [-0.2, 0) is 26.6 Å². The van der Waals surface area contributed by atoms with Gasteiger partial charge in [-0.25, -0.2) is 14.5 Å². The molecule has 1 aliphatic rings. The molecule has 1 N–H and O–H groups in total. The van der Waals surface area contributed by atoms with Crippen LogP contribution in [0, 0.1) is 13.8 Å². The molecule has 1 amide bonds. The van der Waals surface area contributed by atoms with Crippen LogP contribution >= 0.6 is 0 Å². The maximum Gasteiger partial charge on any atom is 0.253 e. The number of rotatable bonds is 5. The first-order chi connectivity index (χ1) is 17.9. The summed E-state index contributed by atoms with van der Waals surface area (Å²) in [6, 6.07) is 7.93. The van der Waals surface area contributed by atoms with E-state index in [-0.39, 0.29) is 5.91 Å². The van der Waals surface area contributed by atoms with Crippen LogP contribution in [0.15, 0.2) is 55.4 Å². The van der Waals surface area contributed by atoms with E-state index >= 15 is 0 Å². The summed E-state index contributed by atoms with van der Waals surface area (Å²) >= 11 is 0. The molecular weight excluding hydrogens is 466 g/mol. The molecule has 0 unspecified atom stereocenters. The van der Waals surface area contributed by atoms with Crippen LogP contribution in [0.25, 0.3) is 16.8 Å². The summed E-state index contributed by atoms with van der Waals surface area (Å²) in [5.41, 5.74) is 8.69. The minimum absolute atomic E-state index is 0.162. The molecule has 0 saturated carbocycles. The van der Waals surface area contributed by atoms with Crippen molar-refractivity contribution < 1.29 is 4.79 Å². The fourth-order valence-corrected chi connectivity index (χ4v) is 4.91. The highest BCUT2D eigenvalue weighted by molar-refractivity contribution is 5.94. The minimum Gasteiger partial charge on any atom is -0.352 e. The Morgan fingerprint density at radius 2 is 1.97 bits per heavy atom. The lowest BCUT2D eigenvalue weighted by atomic mass is 10.0. The lowest BCUT2D eigenvalue weighted by Gasteiger charge is -2.30. The molecule has 0 aromatic carbocycles. The number of anilines is 1. The molecule has 0 aliphatic carbocycles. The molecule has 5 aromatic heterocycles. The van der Waals surface area contributed by atoms with Gasteiger partial charge in [-0.2, -0.15) is 10.2 Å². The third kappa shape index (κ3) is 4.42. The van der Waals surface area contributed by atoms with Gasteiger partial charge in [0.15, 0.2) is 5.65 Å². The highest BCUT2D eigenvalue weighted by Crippen LogP contribution is 2.29. The van der Waals surface area contributed by atoms with Crippen molar-refractivity contribution in [3.05, 3.63) is 89.0 Å². The molecule has 186 valence electrons. The highest BCUT2D eigenvalue weighted by Gasteiger charge is 2.22. The molecule has 6 heterocycles. The molecule has 10 heteroatoms. The zero-order chi connectivity index (χ0) is 25.5. The van der Waals surface area contributed by atoms with E-state index in [0.717, 1.165) is 64.6 Å². The predicted octanol–water partition coefficient (Wildman–Crippen LogP) is 3.03. The Hall–Kier alpha value is -4.60. The van der Waals surface area contributed by atoms with Gasteiger partial charge in [0.1, 0.15) is 12.1 Å². The van der Waals surface area contributed by atoms with Crippen molar-refractivity contribution in [2.45, 2.75) is 33.4 Å². The molecule has 0 saturated heterocycles. The summed E-state index contributed by atoms with van der Waals surface area (Å²) in [5, 5.41) is 11.6. The number of amides is 1. The zero-order valence-corrected chi connectivity index (χ0v) is 21.0. The van der Waals surface area contributed by atoms with Crippen molar-refractivity contribution in [3.63, 3.8) is 0 Å². The Labute approximate surface area is 214 Å². The molecule has 0 radical (unpaired) electrons. The standard InChI is InChI=1S/C27H27N9O/c1-17-8-21(27(37)30-10-19-4-5-25-31-16-32-36(25)13-19)12-29-26(17)35-7-6-24-22(14-35)9-20(11-28-24)23-15-34(3)33-18(23)2/h4-5,8-9,11-13,15-16H,6-7,10,14H2,1-3H3,(H,30,37). The van der Waals surface area contributed by atoms with Crippen molar-refractivity contribution >= 4 is 17.4 Å². The number of aryl methyl sites for hydroxylation is 3. The average Bonchev–Trinajstić information content (AvgIpc) is 3.51. The number of nitrogens with zero attached hydrogens (tertiary/aromatic N) is 8. The molecule has 0 spiro atoms. The van der Waals surface area contributed by atoms with E-state index in [2.05, 4.69) is 31.5 Å². The summed E-state index contributed by atoms with van der Waals surface area (Å²) in [6.07, 6.45) is 9.84. The first kappa shape index (κ1) is 22.8. The second-order valence-electron chi connectivity index (χ2n) is 9.45. The van der Waals surface area contributed by atoms with E-state index in [1.807, 2.05) is 62.4 Å². The van der Waals surface area contributed by atoms with Crippen LogP contribution < -0.4 is 10.2 Å². The van der Waals surface area contributed by atoms with E-state index in [4.69, 9.17) is 9.97 Å². The van der Waals surface area contributed by atoms with Crippen molar-refractivity contribution in [2.75, 3.05) is 11.4 Å². The van der Waals surface area contributed by atoms with E-state index < -0.39 is 0 Å². The average molecular weight is 494 g/mol. The second kappa shape index (κ2) is 9.12. The highest BCUT2D eigenvalue weighted by atomic mass is 16.1. The van der Waals surface area contributed by atoms with Crippen LogP contribution in [0.5, 0.6) is 0 Å². The van der Waals surface area contributed by atoms with Crippen LogP contribution in [0.4, 0.5) is 5.82 Å². The summed E-state index contributed by atoms with van der Waals surface area (Å²) in [4.78, 5) is 28.7. The maximum absolute atomic E-state index is 12.8. The normalized spacial score (nSPS) is 13.1. The molecule has 1 aliphatic heterocycles. The number of nitrogens with one attached hydrogen (secondary N) is 1. The fraction of sp³-hybridized carbons (Fsp3) is 0.259. The Morgan fingerprint density at radius 1 is 1.08 bits per heavy atom. The predicted molar refractivity (Wildman–Crippen MR) is 139 cm³/mol. The minimum atomic E-state index is -0.162. The van der Waals surface area contributed by atoms with E-state index in [0.29, 0.717) is 12.1 Å². The summed E-state index contributed by atoms with van der Waals surface area (Å²) in [5.74, 6) is 0.729. The van der Waals surface area contributed by atoms with Gasteiger partial charge in [0.25, 0.3) is 5.91 Å². The van der Waals surface area contributed by atoms with Gasteiger partial charge in [-0.3, -0.25) is 14.5 Å². The monoisotopic (exact) mass is 493 g/mol. The number of aromatic nitrogens is 7. The molecule has 37 heavy (non-hydrogen) atoms. The van der Waals surface area contributed by atoms with Crippen LogP contribution in [0.1, 0.15) is 38.4 Å². The smallest absolute Gasteiger partial charge is 0.253 e. The van der Waals surface area contributed by atoms with Gasteiger partial charge in [0.05, 0.1) is 11.3 Å². The van der Waals surface area contributed by atoms with Gasteiger partial charge in [-0.1, -0.05) is 6.07 Å². The first-order valence-electron chi connectivity index (χ1n) is 12.2. The number of pyridine rings is 3. The lowest BCUT2D eigenvalue weighted by molar-refractivity contribution is 0.0950. The number of fused-ring (bicyclic) bond motifs is 2. The van der Waals surface area contributed by atoms with Gasteiger partial charge in [0, 0.05) is 74.7 Å². The van der Waals surface area contributed by atoms with Gasteiger partial charge in [-0.15, -0.1) is 0 Å². The molecular formula is C27H27N9O. The van der Waals surface area contributed by atoms with Gasteiger partial charge in [-0.05, 0) is 48.7 Å². The SMILES string of the molecule is Cc1cc(C(=O)NCc2ccc3ncnn3c2)cnc1N1CCc2ncc(-c3cn(C)nc3C)cc2C1.